The van der Waals surface area contributed by atoms with Crippen molar-refractivity contribution in [2.75, 3.05) is 0 Å². The Morgan fingerprint density at radius 3 is 2.30 bits per heavy atom. The maximum Gasteiger partial charge on any atom is 0.132 e. The van der Waals surface area contributed by atoms with E-state index in [1.807, 2.05) is 25.1 Å². The van der Waals surface area contributed by atoms with Crippen LogP contribution < -0.4 is 4.74 Å². The molecule has 0 atom stereocenters. The second-order valence-electron chi connectivity index (χ2n) is 5.17. The van der Waals surface area contributed by atoms with Gasteiger partial charge in [-0.3, -0.25) is 0 Å². The lowest BCUT2D eigenvalue weighted by Crippen LogP contribution is -2.03. The molecule has 2 rings (SSSR count). The van der Waals surface area contributed by atoms with Gasteiger partial charge >= 0.3 is 0 Å². The molecular formula is C17H18F2O. The van der Waals surface area contributed by atoms with Gasteiger partial charge in [-0.15, -0.1) is 0 Å². The van der Waals surface area contributed by atoms with Gasteiger partial charge in [-0.05, 0) is 42.2 Å². The Kier molecular flexibility index (Phi) is 4.38. The van der Waals surface area contributed by atoms with Crippen molar-refractivity contribution in [3.63, 3.8) is 0 Å². The monoisotopic (exact) mass is 276 g/mol. The minimum absolute atomic E-state index is 0.0400. The van der Waals surface area contributed by atoms with E-state index in [1.165, 1.54) is 18.2 Å². The molecule has 3 heteroatoms. The second-order valence-corrected chi connectivity index (χ2v) is 5.17. The normalized spacial score (nSPS) is 10.9. The number of ether oxygens (including phenoxy) is 1. The molecule has 0 bridgehead atoms. The predicted molar refractivity (Wildman–Crippen MR) is 76.0 cm³/mol. The van der Waals surface area contributed by atoms with Crippen molar-refractivity contribution in [3.8, 4) is 5.75 Å². The standard InChI is InChI=1S/C17H18F2O/c1-11(2)13-8-7-12(3)17(9-13)20-10-14-15(18)5-4-6-16(14)19/h4-9,11H,10H2,1-3H3. The molecule has 1 nitrogen and oxygen atoms in total. The Balaban J connectivity index is 2.20. The summed E-state index contributed by atoms with van der Waals surface area (Å²) in [4.78, 5) is 0. The largest absolute Gasteiger partial charge is 0.488 e. The van der Waals surface area contributed by atoms with Crippen molar-refractivity contribution in [1.29, 1.82) is 0 Å². The van der Waals surface area contributed by atoms with Gasteiger partial charge in [0.15, 0.2) is 0 Å². The van der Waals surface area contributed by atoms with E-state index in [2.05, 4.69) is 13.8 Å². The van der Waals surface area contributed by atoms with E-state index in [4.69, 9.17) is 4.74 Å². The van der Waals surface area contributed by atoms with Gasteiger partial charge in [-0.25, -0.2) is 8.78 Å². The van der Waals surface area contributed by atoms with Crippen LogP contribution in [0.1, 0.15) is 36.5 Å². The highest BCUT2D eigenvalue weighted by molar-refractivity contribution is 5.38. The maximum atomic E-state index is 13.5. The van der Waals surface area contributed by atoms with Crippen molar-refractivity contribution in [2.45, 2.75) is 33.3 Å². The number of hydrogen-bond donors (Lipinski definition) is 0. The SMILES string of the molecule is Cc1ccc(C(C)C)cc1OCc1c(F)cccc1F. The summed E-state index contributed by atoms with van der Waals surface area (Å²) in [5.41, 5.74) is 2.05. The van der Waals surface area contributed by atoms with E-state index >= 15 is 0 Å². The Morgan fingerprint density at radius 2 is 1.70 bits per heavy atom. The molecule has 0 heterocycles. The van der Waals surface area contributed by atoms with Crippen molar-refractivity contribution in [2.24, 2.45) is 0 Å². The van der Waals surface area contributed by atoms with E-state index in [9.17, 15) is 8.78 Å². The van der Waals surface area contributed by atoms with Gasteiger partial charge in [0.05, 0.1) is 5.56 Å². The summed E-state index contributed by atoms with van der Waals surface area (Å²) >= 11 is 0. The van der Waals surface area contributed by atoms with Crippen LogP contribution in [-0.2, 0) is 6.61 Å². The Labute approximate surface area is 118 Å². The van der Waals surface area contributed by atoms with Crippen LogP contribution in [0.2, 0.25) is 0 Å². The Bertz CT molecular complexity index is 586. The van der Waals surface area contributed by atoms with Gasteiger partial charge in [0.1, 0.15) is 24.0 Å². The first-order valence-electron chi connectivity index (χ1n) is 6.65. The third-order valence-electron chi connectivity index (χ3n) is 3.31. The highest BCUT2D eigenvalue weighted by Gasteiger charge is 2.10. The predicted octanol–water partition coefficient (Wildman–Crippen LogP) is 4.98. The first-order valence-corrected chi connectivity index (χ1v) is 6.65. The van der Waals surface area contributed by atoms with Crippen LogP contribution >= 0.6 is 0 Å². The van der Waals surface area contributed by atoms with Gasteiger partial charge < -0.3 is 4.74 Å². The average Bonchev–Trinajstić information content (AvgIpc) is 2.39. The van der Waals surface area contributed by atoms with Crippen molar-refractivity contribution < 1.29 is 13.5 Å². The summed E-state index contributed by atoms with van der Waals surface area (Å²) < 4.78 is 32.7. The Hall–Kier alpha value is -1.90. The molecule has 0 unspecified atom stereocenters. The number of aryl methyl sites for hydroxylation is 1. The molecule has 106 valence electrons. The van der Waals surface area contributed by atoms with Gasteiger partial charge in [0.2, 0.25) is 0 Å². The quantitative estimate of drug-likeness (QED) is 0.765. The van der Waals surface area contributed by atoms with Crippen LogP contribution in [0, 0.1) is 18.6 Å². The fraction of sp³-hybridized carbons (Fsp3) is 0.294. The van der Waals surface area contributed by atoms with E-state index < -0.39 is 11.6 Å². The first-order chi connectivity index (χ1) is 9.49. The fourth-order valence-corrected chi connectivity index (χ4v) is 1.95. The summed E-state index contributed by atoms with van der Waals surface area (Å²) in [6.45, 7) is 5.98. The summed E-state index contributed by atoms with van der Waals surface area (Å²) in [5.74, 6) is -0.118. The third kappa shape index (κ3) is 3.16. The van der Waals surface area contributed by atoms with Crippen molar-refractivity contribution in [3.05, 3.63) is 64.7 Å². The molecular weight excluding hydrogens is 258 g/mol. The van der Waals surface area contributed by atoms with Crippen LogP contribution in [0.5, 0.6) is 5.75 Å². The highest BCUT2D eigenvalue weighted by atomic mass is 19.1. The number of hydrogen-bond acceptors (Lipinski definition) is 1. The van der Waals surface area contributed by atoms with Gasteiger partial charge in [-0.2, -0.15) is 0 Å². The molecule has 2 aromatic carbocycles. The fourth-order valence-electron chi connectivity index (χ4n) is 1.95. The molecule has 0 saturated heterocycles. The zero-order chi connectivity index (χ0) is 14.7. The molecule has 0 N–H and O–H groups in total. The van der Waals surface area contributed by atoms with Gasteiger partial charge in [-0.1, -0.05) is 32.0 Å². The zero-order valence-electron chi connectivity index (χ0n) is 11.9. The molecule has 0 radical (unpaired) electrons. The number of rotatable bonds is 4. The van der Waals surface area contributed by atoms with Crippen molar-refractivity contribution >= 4 is 0 Å². The molecule has 20 heavy (non-hydrogen) atoms. The summed E-state index contributed by atoms with van der Waals surface area (Å²) in [5, 5.41) is 0. The Morgan fingerprint density at radius 1 is 1.05 bits per heavy atom. The molecule has 0 amide bonds. The average molecular weight is 276 g/mol. The highest BCUT2D eigenvalue weighted by Crippen LogP contribution is 2.25. The maximum absolute atomic E-state index is 13.5. The van der Waals surface area contributed by atoms with Crippen LogP contribution in [0.3, 0.4) is 0 Å². The van der Waals surface area contributed by atoms with E-state index in [0.717, 1.165) is 11.1 Å². The topological polar surface area (TPSA) is 9.23 Å². The third-order valence-corrected chi connectivity index (χ3v) is 3.31. The second kappa shape index (κ2) is 6.04. The number of halogens is 2. The molecule has 0 aliphatic heterocycles. The van der Waals surface area contributed by atoms with E-state index in [-0.39, 0.29) is 12.2 Å². The summed E-state index contributed by atoms with van der Waals surface area (Å²) in [6.07, 6.45) is 0. The summed E-state index contributed by atoms with van der Waals surface area (Å²) in [6, 6.07) is 9.74. The lowest BCUT2D eigenvalue weighted by molar-refractivity contribution is 0.290. The molecule has 0 saturated carbocycles. The van der Waals surface area contributed by atoms with Crippen LogP contribution in [0.25, 0.3) is 0 Å². The molecule has 0 aliphatic carbocycles. The van der Waals surface area contributed by atoms with Gasteiger partial charge in [0, 0.05) is 0 Å². The molecule has 0 aromatic heterocycles. The summed E-state index contributed by atoms with van der Waals surface area (Å²) in [7, 11) is 0. The lowest BCUT2D eigenvalue weighted by atomic mass is 10.0. The number of benzene rings is 2. The first kappa shape index (κ1) is 14.5. The minimum atomic E-state index is -0.581. The minimum Gasteiger partial charge on any atom is -0.488 e. The van der Waals surface area contributed by atoms with Crippen molar-refractivity contribution in [1.82, 2.24) is 0 Å². The molecule has 0 fully saturated rings. The van der Waals surface area contributed by atoms with Crippen LogP contribution in [0.4, 0.5) is 8.78 Å². The van der Waals surface area contributed by atoms with E-state index in [0.29, 0.717) is 11.7 Å². The molecule has 2 aromatic rings. The molecule has 0 aliphatic rings. The van der Waals surface area contributed by atoms with Gasteiger partial charge in [0.25, 0.3) is 0 Å². The lowest BCUT2D eigenvalue weighted by Gasteiger charge is -2.13. The smallest absolute Gasteiger partial charge is 0.132 e. The molecule has 0 spiro atoms. The van der Waals surface area contributed by atoms with Crippen LogP contribution in [0.15, 0.2) is 36.4 Å². The zero-order valence-corrected chi connectivity index (χ0v) is 11.9. The van der Waals surface area contributed by atoms with Crippen LogP contribution in [-0.4, -0.2) is 0 Å². The van der Waals surface area contributed by atoms with E-state index in [1.54, 1.807) is 0 Å².